The van der Waals surface area contributed by atoms with Gasteiger partial charge in [0.05, 0.1) is 11.4 Å². The fourth-order valence-electron chi connectivity index (χ4n) is 3.24. The summed E-state index contributed by atoms with van der Waals surface area (Å²) in [6.07, 6.45) is 3.41. The van der Waals surface area contributed by atoms with E-state index in [0.29, 0.717) is 5.75 Å². The SMILES string of the molecule is CCCn1nnnc1CSc1nnc(N2CCCC2)n1-c1ccc(C)cc1. The predicted octanol–water partition coefficient (Wildman–Crippen LogP) is 2.86. The van der Waals surface area contributed by atoms with Crippen LogP contribution in [0.5, 0.6) is 0 Å². The van der Waals surface area contributed by atoms with Gasteiger partial charge in [0.2, 0.25) is 5.95 Å². The van der Waals surface area contributed by atoms with Crippen molar-refractivity contribution in [3.05, 3.63) is 35.7 Å². The number of tetrazole rings is 1. The van der Waals surface area contributed by atoms with Gasteiger partial charge in [-0.2, -0.15) is 0 Å². The van der Waals surface area contributed by atoms with Gasteiger partial charge in [-0.1, -0.05) is 36.4 Å². The molecule has 27 heavy (non-hydrogen) atoms. The zero-order valence-electron chi connectivity index (χ0n) is 15.7. The van der Waals surface area contributed by atoms with E-state index in [1.165, 1.54) is 18.4 Å². The minimum atomic E-state index is 0.664. The second kappa shape index (κ2) is 8.08. The fraction of sp³-hybridized carbons (Fsp3) is 0.500. The highest BCUT2D eigenvalue weighted by Crippen LogP contribution is 2.30. The van der Waals surface area contributed by atoms with Crippen LogP contribution in [0.15, 0.2) is 29.4 Å². The zero-order valence-corrected chi connectivity index (χ0v) is 16.6. The minimum absolute atomic E-state index is 0.664. The van der Waals surface area contributed by atoms with Crippen molar-refractivity contribution in [3.63, 3.8) is 0 Å². The van der Waals surface area contributed by atoms with Crippen LogP contribution in [0.3, 0.4) is 0 Å². The van der Waals surface area contributed by atoms with Crippen LogP contribution >= 0.6 is 11.8 Å². The molecular formula is C18H24N8S. The number of hydrogen-bond acceptors (Lipinski definition) is 7. The summed E-state index contributed by atoms with van der Waals surface area (Å²) in [6.45, 7) is 7.11. The lowest BCUT2D eigenvalue weighted by Crippen LogP contribution is -2.22. The Morgan fingerprint density at radius 1 is 1.04 bits per heavy atom. The van der Waals surface area contributed by atoms with Crippen LogP contribution in [0.1, 0.15) is 37.6 Å². The van der Waals surface area contributed by atoms with E-state index in [9.17, 15) is 0 Å². The Morgan fingerprint density at radius 3 is 2.56 bits per heavy atom. The molecule has 9 heteroatoms. The largest absolute Gasteiger partial charge is 0.341 e. The second-order valence-electron chi connectivity index (χ2n) is 6.75. The van der Waals surface area contributed by atoms with Crippen LogP contribution < -0.4 is 4.90 Å². The molecule has 1 aliphatic heterocycles. The summed E-state index contributed by atoms with van der Waals surface area (Å²) in [5, 5.41) is 21.9. The van der Waals surface area contributed by atoms with E-state index in [1.54, 1.807) is 11.8 Å². The van der Waals surface area contributed by atoms with Crippen molar-refractivity contribution in [3.8, 4) is 5.69 Å². The van der Waals surface area contributed by atoms with Gasteiger partial charge in [-0.05, 0) is 48.7 Å². The number of aromatic nitrogens is 7. The minimum Gasteiger partial charge on any atom is -0.341 e. The van der Waals surface area contributed by atoms with Crippen molar-refractivity contribution in [2.75, 3.05) is 18.0 Å². The molecule has 1 aromatic carbocycles. The van der Waals surface area contributed by atoms with Gasteiger partial charge in [0.25, 0.3) is 0 Å². The van der Waals surface area contributed by atoms with Crippen molar-refractivity contribution in [1.29, 1.82) is 0 Å². The third-order valence-electron chi connectivity index (χ3n) is 4.67. The maximum Gasteiger partial charge on any atom is 0.232 e. The molecule has 1 fully saturated rings. The first-order valence-corrected chi connectivity index (χ1v) is 10.4. The summed E-state index contributed by atoms with van der Waals surface area (Å²) in [5.41, 5.74) is 2.32. The molecule has 8 nitrogen and oxygen atoms in total. The lowest BCUT2D eigenvalue weighted by molar-refractivity contribution is 0.564. The van der Waals surface area contributed by atoms with E-state index in [1.807, 2.05) is 4.68 Å². The molecule has 3 aromatic rings. The Kier molecular flexibility index (Phi) is 5.38. The highest BCUT2D eigenvalue weighted by Gasteiger charge is 2.22. The molecule has 1 aliphatic rings. The first-order chi connectivity index (χ1) is 13.3. The van der Waals surface area contributed by atoms with Crippen molar-refractivity contribution >= 4 is 17.7 Å². The summed E-state index contributed by atoms with van der Waals surface area (Å²) in [7, 11) is 0. The summed E-state index contributed by atoms with van der Waals surface area (Å²) in [5.74, 6) is 2.45. The Hall–Kier alpha value is -2.42. The quantitative estimate of drug-likeness (QED) is 0.580. The highest BCUT2D eigenvalue weighted by molar-refractivity contribution is 7.98. The lowest BCUT2D eigenvalue weighted by Gasteiger charge is -2.18. The summed E-state index contributed by atoms with van der Waals surface area (Å²) in [4.78, 5) is 2.32. The predicted molar refractivity (Wildman–Crippen MR) is 105 cm³/mol. The Labute approximate surface area is 163 Å². The van der Waals surface area contributed by atoms with Crippen LogP contribution in [0.4, 0.5) is 5.95 Å². The molecule has 2 aromatic heterocycles. The molecule has 0 spiro atoms. The second-order valence-corrected chi connectivity index (χ2v) is 7.70. The molecule has 142 valence electrons. The number of rotatable bonds is 7. The first kappa shape index (κ1) is 18.0. The van der Waals surface area contributed by atoms with Gasteiger partial charge in [-0.15, -0.1) is 15.3 Å². The summed E-state index contributed by atoms with van der Waals surface area (Å²) < 4.78 is 4.02. The zero-order chi connectivity index (χ0) is 18.6. The maximum atomic E-state index is 4.52. The number of hydrogen-bond donors (Lipinski definition) is 0. The fourth-order valence-corrected chi connectivity index (χ4v) is 4.12. The van der Waals surface area contributed by atoms with E-state index in [-0.39, 0.29) is 0 Å². The topological polar surface area (TPSA) is 77.5 Å². The van der Waals surface area contributed by atoms with Gasteiger partial charge in [0.1, 0.15) is 0 Å². The molecule has 4 rings (SSSR count). The molecule has 0 saturated carbocycles. The van der Waals surface area contributed by atoms with Gasteiger partial charge >= 0.3 is 0 Å². The van der Waals surface area contributed by atoms with Crippen LogP contribution in [-0.4, -0.2) is 48.1 Å². The van der Waals surface area contributed by atoms with Crippen LogP contribution in [0.25, 0.3) is 5.69 Å². The van der Waals surface area contributed by atoms with E-state index in [2.05, 4.69) is 73.3 Å². The van der Waals surface area contributed by atoms with Crippen molar-refractivity contribution in [2.45, 2.75) is 50.6 Å². The van der Waals surface area contributed by atoms with E-state index >= 15 is 0 Å². The third kappa shape index (κ3) is 3.83. The molecular weight excluding hydrogens is 360 g/mol. The third-order valence-corrected chi connectivity index (χ3v) is 5.59. The molecule has 1 saturated heterocycles. The van der Waals surface area contributed by atoms with Gasteiger partial charge in [-0.25, -0.2) is 4.68 Å². The van der Waals surface area contributed by atoms with E-state index in [4.69, 9.17) is 0 Å². The number of aryl methyl sites for hydroxylation is 2. The summed E-state index contributed by atoms with van der Waals surface area (Å²) in [6, 6.07) is 8.51. The van der Waals surface area contributed by atoms with Gasteiger partial charge < -0.3 is 4.90 Å². The maximum absolute atomic E-state index is 4.52. The Balaban J connectivity index is 1.63. The molecule has 0 bridgehead atoms. The Bertz CT molecular complexity index is 879. The first-order valence-electron chi connectivity index (χ1n) is 9.41. The van der Waals surface area contributed by atoms with E-state index < -0.39 is 0 Å². The van der Waals surface area contributed by atoms with Gasteiger partial charge in [-0.3, -0.25) is 4.57 Å². The van der Waals surface area contributed by atoms with Gasteiger partial charge in [0.15, 0.2) is 11.0 Å². The monoisotopic (exact) mass is 384 g/mol. The molecule has 0 radical (unpaired) electrons. The average molecular weight is 385 g/mol. The molecule has 0 N–H and O–H groups in total. The number of anilines is 1. The molecule has 0 unspecified atom stereocenters. The smallest absolute Gasteiger partial charge is 0.232 e. The lowest BCUT2D eigenvalue weighted by atomic mass is 10.2. The van der Waals surface area contributed by atoms with Gasteiger partial charge in [0, 0.05) is 19.6 Å². The highest BCUT2D eigenvalue weighted by atomic mass is 32.2. The van der Waals surface area contributed by atoms with Crippen molar-refractivity contribution in [2.24, 2.45) is 0 Å². The molecule has 3 heterocycles. The van der Waals surface area contributed by atoms with Crippen molar-refractivity contribution < 1.29 is 0 Å². The van der Waals surface area contributed by atoms with Crippen LogP contribution in [0.2, 0.25) is 0 Å². The molecule has 0 atom stereocenters. The normalized spacial score (nSPS) is 14.2. The molecule has 0 amide bonds. The van der Waals surface area contributed by atoms with Crippen LogP contribution in [-0.2, 0) is 12.3 Å². The number of benzene rings is 1. The Morgan fingerprint density at radius 2 is 1.81 bits per heavy atom. The number of thioether (sulfide) groups is 1. The average Bonchev–Trinajstić information content (AvgIpc) is 3.41. The summed E-state index contributed by atoms with van der Waals surface area (Å²) >= 11 is 1.62. The van der Waals surface area contributed by atoms with Crippen molar-refractivity contribution in [1.82, 2.24) is 35.0 Å². The number of nitrogens with zero attached hydrogens (tertiary/aromatic N) is 8. The standard InChI is InChI=1S/C18H24N8S/c1-3-10-25-16(19-22-23-25)13-27-18-21-20-17(24-11-4-5-12-24)26(18)15-8-6-14(2)7-9-15/h6-9H,3-5,10-13H2,1-2H3. The van der Waals surface area contributed by atoms with E-state index in [0.717, 1.165) is 48.7 Å². The van der Waals surface area contributed by atoms with Crippen LogP contribution in [0, 0.1) is 6.92 Å². The molecule has 0 aliphatic carbocycles.